The molecule has 0 aromatic rings. The first-order valence-corrected chi connectivity index (χ1v) is 5.41. The van der Waals surface area contributed by atoms with Crippen LogP contribution in [0.2, 0.25) is 0 Å². The standard InChI is InChI=1S/C10H18N2/c1-2-8-6-12(9-3-4-9)7-10(8)11-5-1/h8-11H,1-7H2/t8-,10+/m0/s1. The average molecular weight is 166 g/mol. The second-order valence-electron chi connectivity index (χ2n) is 4.65. The van der Waals surface area contributed by atoms with Crippen molar-refractivity contribution in [3.63, 3.8) is 0 Å². The Bertz CT molecular complexity index is 163. The van der Waals surface area contributed by atoms with Crippen molar-refractivity contribution in [3.05, 3.63) is 0 Å². The summed E-state index contributed by atoms with van der Waals surface area (Å²) < 4.78 is 0. The third-order valence-corrected chi connectivity index (χ3v) is 3.69. The lowest BCUT2D eigenvalue weighted by molar-refractivity contribution is 0.310. The van der Waals surface area contributed by atoms with Gasteiger partial charge in [0.05, 0.1) is 0 Å². The second-order valence-corrected chi connectivity index (χ2v) is 4.65. The lowest BCUT2D eigenvalue weighted by atomic mass is 9.94. The average Bonchev–Trinajstić information content (AvgIpc) is 2.85. The highest BCUT2D eigenvalue weighted by Gasteiger charge is 2.40. The van der Waals surface area contributed by atoms with Crippen molar-refractivity contribution >= 4 is 0 Å². The van der Waals surface area contributed by atoms with E-state index >= 15 is 0 Å². The Morgan fingerprint density at radius 1 is 1.08 bits per heavy atom. The van der Waals surface area contributed by atoms with Crippen LogP contribution in [0, 0.1) is 5.92 Å². The Morgan fingerprint density at radius 2 is 2.00 bits per heavy atom. The maximum atomic E-state index is 3.65. The lowest BCUT2D eigenvalue weighted by Crippen LogP contribution is -2.40. The number of piperidine rings is 1. The minimum Gasteiger partial charge on any atom is -0.312 e. The summed E-state index contributed by atoms with van der Waals surface area (Å²) in [4.78, 5) is 2.72. The maximum Gasteiger partial charge on any atom is 0.0235 e. The van der Waals surface area contributed by atoms with Gasteiger partial charge in [-0.15, -0.1) is 0 Å². The van der Waals surface area contributed by atoms with Crippen LogP contribution in [0.1, 0.15) is 25.7 Å². The van der Waals surface area contributed by atoms with E-state index in [1.807, 2.05) is 0 Å². The van der Waals surface area contributed by atoms with E-state index < -0.39 is 0 Å². The van der Waals surface area contributed by atoms with E-state index in [9.17, 15) is 0 Å². The summed E-state index contributed by atoms with van der Waals surface area (Å²) in [6.45, 7) is 4.00. The molecule has 0 radical (unpaired) electrons. The fourth-order valence-corrected chi connectivity index (χ4v) is 2.82. The molecule has 12 heavy (non-hydrogen) atoms. The molecule has 3 rings (SSSR count). The van der Waals surface area contributed by atoms with Gasteiger partial charge in [-0.05, 0) is 38.1 Å². The van der Waals surface area contributed by atoms with Gasteiger partial charge in [0.15, 0.2) is 0 Å². The molecule has 0 bridgehead atoms. The molecule has 3 fully saturated rings. The molecular formula is C10H18N2. The van der Waals surface area contributed by atoms with Crippen molar-refractivity contribution in [2.24, 2.45) is 5.92 Å². The molecule has 2 heteroatoms. The first-order valence-electron chi connectivity index (χ1n) is 5.41. The van der Waals surface area contributed by atoms with E-state index in [1.54, 1.807) is 0 Å². The normalized spacial score (nSPS) is 43.0. The van der Waals surface area contributed by atoms with Crippen LogP contribution in [-0.2, 0) is 0 Å². The summed E-state index contributed by atoms with van der Waals surface area (Å²) >= 11 is 0. The zero-order chi connectivity index (χ0) is 7.97. The molecule has 2 aliphatic heterocycles. The molecule has 68 valence electrons. The van der Waals surface area contributed by atoms with Gasteiger partial charge in [-0.3, -0.25) is 4.90 Å². The molecule has 0 amide bonds. The van der Waals surface area contributed by atoms with E-state index in [0.29, 0.717) is 0 Å². The summed E-state index contributed by atoms with van der Waals surface area (Å²) in [5, 5.41) is 3.65. The lowest BCUT2D eigenvalue weighted by Gasteiger charge is -2.24. The van der Waals surface area contributed by atoms with E-state index in [4.69, 9.17) is 0 Å². The molecular weight excluding hydrogens is 148 g/mol. The molecule has 0 unspecified atom stereocenters. The number of likely N-dealkylation sites (tertiary alicyclic amines) is 1. The van der Waals surface area contributed by atoms with Crippen LogP contribution >= 0.6 is 0 Å². The van der Waals surface area contributed by atoms with Gasteiger partial charge in [0.1, 0.15) is 0 Å². The van der Waals surface area contributed by atoms with Gasteiger partial charge in [-0.1, -0.05) is 0 Å². The van der Waals surface area contributed by atoms with Crippen LogP contribution in [-0.4, -0.2) is 36.6 Å². The fraction of sp³-hybridized carbons (Fsp3) is 1.00. The first kappa shape index (κ1) is 7.34. The van der Waals surface area contributed by atoms with Gasteiger partial charge in [0.2, 0.25) is 0 Å². The Labute approximate surface area is 74.3 Å². The quantitative estimate of drug-likeness (QED) is 0.621. The van der Waals surface area contributed by atoms with Crippen molar-refractivity contribution in [1.82, 2.24) is 10.2 Å². The van der Waals surface area contributed by atoms with Gasteiger partial charge in [-0.25, -0.2) is 0 Å². The predicted octanol–water partition coefficient (Wildman–Crippen LogP) is 0.833. The maximum absolute atomic E-state index is 3.65. The number of hydrogen-bond donors (Lipinski definition) is 1. The summed E-state index contributed by atoms with van der Waals surface area (Å²) in [6, 6.07) is 1.83. The molecule has 2 nitrogen and oxygen atoms in total. The van der Waals surface area contributed by atoms with E-state index in [1.165, 1.54) is 45.3 Å². The predicted molar refractivity (Wildman–Crippen MR) is 49.1 cm³/mol. The highest BCUT2D eigenvalue weighted by atomic mass is 15.2. The third kappa shape index (κ3) is 1.17. The Morgan fingerprint density at radius 3 is 2.75 bits per heavy atom. The number of fused-ring (bicyclic) bond motifs is 1. The highest BCUT2D eigenvalue weighted by molar-refractivity contribution is 4.97. The van der Waals surface area contributed by atoms with Crippen LogP contribution in [0.4, 0.5) is 0 Å². The van der Waals surface area contributed by atoms with Crippen LogP contribution in [0.25, 0.3) is 0 Å². The Balaban J connectivity index is 1.65. The van der Waals surface area contributed by atoms with Gasteiger partial charge in [-0.2, -0.15) is 0 Å². The second kappa shape index (κ2) is 2.71. The molecule has 0 aromatic carbocycles. The van der Waals surface area contributed by atoms with E-state index in [2.05, 4.69) is 10.2 Å². The number of nitrogens with zero attached hydrogens (tertiary/aromatic N) is 1. The van der Waals surface area contributed by atoms with Gasteiger partial charge < -0.3 is 5.32 Å². The van der Waals surface area contributed by atoms with Crippen LogP contribution < -0.4 is 5.32 Å². The fourth-order valence-electron chi connectivity index (χ4n) is 2.82. The van der Waals surface area contributed by atoms with Gasteiger partial charge in [0, 0.05) is 25.2 Å². The summed E-state index contributed by atoms with van der Waals surface area (Å²) in [5.41, 5.74) is 0. The summed E-state index contributed by atoms with van der Waals surface area (Å²) in [5.74, 6) is 0.986. The number of nitrogens with one attached hydrogen (secondary N) is 1. The zero-order valence-electron chi connectivity index (χ0n) is 7.63. The molecule has 2 atom stereocenters. The largest absolute Gasteiger partial charge is 0.312 e. The molecule has 0 spiro atoms. The van der Waals surface area contributed by atoms with Crippen molar-refractivity contribution in [2.75, 3.05) is 19.6 Å². The monoisotopic (exact) mass is 166 g/mol. The Hall–Kier alpha value is -0.0800. The van der Waals surface area contributed by atoms with Gasteiger partial charge >= 0.3 is 0 Å². The molecule has 1 saturated carbocycles. The van der Waals surface area contributed by atoms with Gasteiger partial charge in [0.25, 0.3) is 0 Å². The summed E-state index contributed by atoms with van der Waals surface area (Å²) in [6.07, 6.45) is 5.82. The van der Waals surface area contributed by atoms with Crippen molar-refractivity contribution < 1.29 is 0 Å². The van der Waals surface area contributed by atoms with Crippen LogP contribution in [0.15, 0.2) is 0 Å². The molecule has 0 aromatic heterocycles. The highest BCUT2D eigenvalue weighted by Crippen LogP contribution is 2.34. The molecule has 2 saturated heterocycles. The minimum atomic E-state index is 0.847. The number of rotatable bonds is 1. The van der Waals surface area contributed by atoms with Crippen LogP contribution in [0.3, 0.4) is 0 Å². The SMILES string of the molecule is C1CN[C@@H]2CN(C3CC3)C[C@@H]2C1. The van der Waals surface area contributed by atoms with Crippen LogP contribution in [0.5, 0.6) is 0 Å². The molecule has 3 aliphatic rings. The zero-order valence-corrected chi connectivity index (χ0v) is 7.63. The van der Waals surface area contributed by atoms with Crippen molar-refractivity contribution in [2.45, 2.75) is 37.8 Å². The third-order valence-electron chi connectivity index (χ3n) is 3.69. The van der Waals surface area contributed by atoms with E-state index in [0.717, 1.165) is 18.0 Å². The molecule has 1 N–H and O–H groups in total. The smallest absolute Gasteiger partial charge is 0.0235 e. The topological polar surface area (TPSA) is 15.3 Å². The first-order chi connectivity index (χ1) is 5.93. The van der Waals surface area contributed by atoms with Crippen molar-refractivity contribution in [3.8, 4) is 0 Å². The van der Waals surface area contributed by atoms with Crippen molar-refractivity contribution in [1.29, 1.82) is 0 Å². The molecule has 2 heterocycles. The minimum absolute atomic E-state index is 0.847. The Kier molecular flexibility index (Phi) is 1.66. The molecule has 1 aliphatic carbocycles. The summed E-state index contributed by atoms with van der Waals surface area (Å²) in [7, 11) is 0. The van der Waals surface area contributed by atoms with E-state index in [-0.39, 0.29) is 0 Å². The number of hydrogen-bond acceptors (Lipinski definition) is 2.